The van der Waals surface area contributed by atoms with Crippen molar-refractivity contribution in [3.05, 3.63) is 34.5 Å². The molecule has 7 nitrogen and oxygen atoms in total. The van der Waals surface area contributed by atoms with E-state index in [-0.39, 0.29) is 17.7 Å². The predicted octanol–water partition coefficient (Wildman–Crippen LogP) is 1.38. The highest BCUT2D eigenvalue weighted by Crippen LogP contribution is 2.37. The minimum atomic E-state index is -0.525. The third kappa shape index (κ3) is 3.95. The molecular formula is C18H22FN5O2S. The molecule has 0 bridgehead atoms. The summed E-state index contributed by atoms with van der Waals surface area (Å²) in [4.78, 5) is 17.3. The number of hydrogen-bond acceptors (Lipinski definition) is 7. The predicted molar refractivity (Wildman–Crippen MR) is 103 cm³/mol. The van der Waals surface area contributed by atoms with Gasteiger partial charge in [0, 0.05) is 37.3 Å². The van der Waals surface area contributed by atoms with Gasteiger partial charge in [0.25, 0.3) is 5.91 Å². The van der Waals surface area contributed by atoms with E-state index in [1.165, 1.54) is 23.9 Å². The molecule has 0 spiro atoms. The van der Waals surface area contributed by atoms with Gasteiger partial charge in [-0.15, -0.1) is 0 Å². The lowest BCUT2D eigenvalue weighted by Gasteiger charge is -2.28. The number of hydrazine groups is 1. The molecule has 3 heterocycles. The fourth-order valence-corrected chi connectivity index (χ4v) is 4.36. The Bertz CT molecular complexity index is 801. The summed E-state index contributed by atoms with van der Waals surface area (Å²) < 4.78 is 13.5. The SMILES string of the molecule is O=C1N=C(N2CCCCN2)SC1=C(N[C@H]1CCNC1)c1ccc(F)cc1O. The smallest absolute Gasteiger partial charge is 0.288 e. The molecule has 2 fully saturated rings. The molecule has 3 aliphatic rings. The van der Waals surface area contributed by atoms with Crippen molar-refractivity contribution in [2.75, 3.05) is 26.2 Å². The van der Waals surface area contributed by atoms with Gasteiger partial charge >= 0.3 is 0 Å². The second kappa shape index (κ2) is 7.87. The molecule has 1 aromatic rings. The van der Waals surface area contributed by atoms with Crippen molar-refractivity contribution in [2.45, 2.75) is 25.3 Å². The summed E-state index contributed by atoms with van der Waals surface area (Å²) in [6.45, 7) is 3.29. The van der Waals surface area contributed by atoms with Crippen molar-refractivity contribution < 1.29 is 14.3 Å². The maximum atomic E-state index is 13.5. The molecule has 0 saturated carbocycles. The molecule has 0 aliphatic carbocycles. The molecule has 2 saturated heterocycles. The molecule has 3 aliphatic heterocycles. The monoisotopic (exact) mass is 391 g/mol. The Balaban J connectivity index is 1.67. The fourth-order valence-electron chi connectivity index (χ4n) is 3.38. The van der Waals surface area contributed by atoms with Crippen molar-refractivity contribution in [2.24, 2.45) is 4.99 Å². The summed E-state index contributed by atoms with van der Waals surface area (Å²) in [5, 5.41) is 19.4. The second-order valence-electron chi connectivity index (χ2n) is 6.77. The molecule has 1 atom stereocenters. The van der Waals surface area contributed by atoms with Gasteiger partial charge in [-0.25, -0.2) is 9.82 Å². The second-order valence-corrected chi connectivity index (χ2v) is 7.75. The van der Waals surface area contributed by atoms with Crippen molar-refractivity contribution in [1.29, 1.82) is 0 Å². The highest BCUT2D eigenvalue weighted by atomic mass is 32.2. The summed E-state index contributed by atoms with van der Waals surface area (Å²) >= 11 is 1.28. The number of hydrogen-bond donors (Lipinski definition) is 4. The first-order valence-corrected chi connectivity index (χ1v) is 9.96. The molecule has 1 amide bonds. The van der Waals surface area contributed by atoms with Crippen LogP contribution in [-0.2, 0) is 4.79 Å². The largest absolute Gasteiger partial charge is 0.507 e. The van der Waals surface area contributed by atoms with Gasteiger partial charge in [0.15, 0.2) is 5.17 Å². The van der Waals surface area contributed by atoms with E-state index in [1.807, 2.05) is 5.01 Å². The molecule has 27 heavy (non-hydrogen) atoms. The van der Waals surface area contributed by atoms with Crippen LogP contribution in [0.3, 0.4) is 0 Å². The van der Waals surface area contributed by atoms with Crippen LogP contribution in [0.25, 0.3) is 5.70 Å². The Hall–Kier alpha value is -2.10. The normalized spacial score (nSPS) is 24.9. The number of amidine groups is 1. The minimum Gasteiger partial charge on any atom is -0.507 e. The van der Waals surface area contributed by atoms with Crippen molar-refractivity contribution >= 4 is 28.5 Å². The quantitative estimate of drug-likeness (QED) is 0.579. The number of aromatic hydroxyl groups is 1. The highest BCUT2D eigenvalue weighted by Gasteiger charge is 2.32. The first-order chi connectivity index (χ1) is 13.1. The van der Waals surface area contributed by atoms with Crippen LogP contribution in [-0.4, -0.2) is 53.4 Å². The molecular weight excluding hydrogens is 369 g/mol. The lowest BCUT2D eigenvalue weighted by Crippen LogP contribution is -2.45. The fraction of sp³-hybridized carbons (Fsp3) is 0.444. The molecule has 4 N–H and O–H groups in total. The summed E-state index contributed by atoms with van der Waals surface area (Å²) in [5.74, 6) is -1.07. The van der Waals surface area contributed by atoms with E-state index in [2.05, 4.69) is 21.1 Å². The molecule has 0 radical (unpaired) electrons. The Morgan fingerprint density at radius 1 is 1.37 bits per heavy atom. The molecule has 0 aromatic heterocycles. The van der Waals surface area contributed by atoms with Crippen LogP contribution >= 0.6 is 11.8 Å². The number of nitrogens with zero attached hydrogens (tertiary/aromatic N) is 2. The summed E-state index contributed by atoms with van der Waals surface area (Å²) in [6.07, 6.45) is 3.03. The van der Waals surface area contributed by atoms with Crippen LogP contribution in [0.2, 0.25) is 0 Å². The first-order valence-electron chi connectivity index (χ1n) is 9.14. The Morgan fingerprint density at radius 3 is 2.96 bits per heavy atom. The number of carbonyl (C=O) groups is 1. The number of phenolic OH excluding ortho intramolecular Hbond substituents is 1. The van der Waals surface area contributed by atoms with E-state index < -0.39 is 5.82 Å². The van der Waals surface area contributed by atoms with E-state index in [1.54, 1.807) is 0 Å². The average molecular weight is 391 g/mol. The average Bonchev–Trinajstić information content (AvgIpc) is 3.31. The number of benzene rings is 1. The van der Waals surface area contributed by atoms with Crippen molar-refractivity contribution in [1.82, 2.24) is 21.1 Å². The molecule has 144 valence electrons. The number of thioether (sulfide) groups is 1. The summed E-state index contributed by atoms with van der Waals surface area (Å²) in [7, 11) is 0. The molecule has 4 rings (SSSR count). The van der Waals surface area contributed by atoms with Crippen LogP contribution in [0.5, 0.6) is 5.75 Å². The van der Waals surface area contributed by atoms with Crippen LogP contribution in [0.15, 0.2) is 28.1 Å². The van der Waals surface area contributed by atoms with Gasteiger partial charge in [-0.1, -0.05) is 0 Å². The van der Waals surface area contributed by atoms with E-state index >= 15 is 0 Å². The molecule has 1 aromatic carbocycles. The zero-order valence-corrected chi connectivity index (χ0v) is 15.6. The minimum absolute atomic E-state index is 0.127. The highest BCUT2D eigenvalue weighted by molar-refractivity contribution is 8.18. The standard InChI is InChI=1S/C18H22FN5O2S/c19-11-3-4-13(14(25)9-11)15(22-12-5-7-20-10-12)16-17(26)23-18(27-16)24-8-2-1-6-21-24/h3-4,9,12,20-22,25H,1-2,5-8,10H2/t12-/m0/s1. The zero-order chi connectivity index (χ0) is 18.8. The zero-order valence-electron chi connectivity index (χ0n) is 14.8. The van der Waals surface area contributed by atoms with Crippen LogP contribution in [0, 0.1) is 5.82 Å². The van der Waals surface area contributed by atoms with Crippen molar-refractivity contribution in [3.8, 4) is 5.75 Å². The van der Waals surface area contributed by atoms with Gasteiger partial charge in [0.05, 0.1) is 5.70 Å². The lowest BCUT2D eigenvalue weighted by molar-refractivity contribution is -0.113. The third-order valence-corrected chi connectivity index (χ3v) is 5.87. The maximum absolute atomic E-state index is 13.5. The summed E-state index contributed by atoms with van der Waals surface area (Å²) in [6, 6.07) is 3.96. The van der Waals surface area contributed by atoms with Crippen LogP contribution in [0.4, 0.5) is 4.39 Å². The van der Waals surface area contributed by atoms with Gasteiger partial charge < -0.3 is 15.7 Å². The molecule has 0 unspecified atom stereocenters. The van der Waals surface area contributed by atoms with Crippen LogP contribution in [0.1, 0.15) is 24.8 Å². The van der Waals surface area contributed by atoms with E-state index in [4.69, 9.17) is 0 Å². The van der Waals surface area contributed by atoms with Gasteiger partial charge in [0.2, 0.25) is 0 Å². The van der Waals surface area contributed by atoms with E-state index in [0.717, 1.165) is 51.5 Å². The summed E-state index contributed by atoms with van der Waals surface area (Å²) in [5.41, 5.74) is 4.16. The Kier molecular flexibility index (Phi) is 5.33. The number of nitrogens with one attached hydrogen (secondary N) is 3. The van der Waals surface area contributed by atoms with Gasteiger partial charge in [-0.3, -0.25) is 9.80 Å². The van der Waals surface area contributed by atoms with E-state index in [0.29, 0.717) is 21.3 Å². The molecule has 9 heteroatoms. The van der Waals surface area contributed by atoms with Crippen LogP contribution < -0.4 is 16.1 Å². The van der Waals surface area contributed by atoms with Crippen molar-refractivity contribution in [3.63, 3.8) is 0 Å². The maximum Gasteiger partial charge on any atom is 0.288 e. The number of rotatable bonds is 3. The Labute approximate surface area is 161 Å². The number of aliphatic imine (C=N–C) groups is 1. The lowest BCUT2D eigenvalue weighted by atomic mass is 10.1. The van der Waals surface area contributed by atoms with Gasteiger partial charge in [-0.05, 0) is 49.7 Å². The first kappa shape index (κ1) is 18.3. The Morgan fingerprint density at radius 2 is 2.26 bits per heavy atom. The van der Waals surface area contributed by atoms with E-state index in [9.17, 15) is 14.3 Å². The number of halogens is 1. The number of amides is 1. The third-order valence-electron chi connectivity index (χ3n) is 4.79. The topological polar surface area (TPSA) is 89.0 Å². The number of carbonyl (C=O) groups excluding carboxylic acids is 1. The number of phenols is 1. The van der Waals surface area contributed by atoms with Gasteiger partial charge in [0.1, 0.15) is 16.5 Å². The van der Waals surface area contributed by atoms with Gasteiger partial charge in [-0.2, -0.15) is 4.99 Å².